The van der Waals surface area contributed by atoms with Crippen LogP contribution in [-0.2, 0) is 4.74 Å². The lowest BCUT2D eigenvalue weighted by atomic mass is 10.2. The molecule has 0 saturated heterocycles. The van der Waals surface area contributed by atoms with Gasteiger partial charge in [-0.25, -0.2) is 9.18 Å². The molecule has 0 amide bonds. The van der Waals surface area contributed by atoms with Crippen molar-refractivity contribution in [2.75, 3.05) is 12.8 Å². The predicted octanol–water partition coefficient (Wildman–Crippen LogP) is 2.46. The van der Waals surface area contributed by atoms with Gasteiger partial charge in [0.1, 0.15) is 11.9 Å². The van der Waals surface area contributed by atoms with Gasteiger partial charge in [-0.15, -0.1) is 0 Å². The van der Waals surface area contributed by atoms with Crippen LogP contribution in [0.3, 0.4) is 0 Å². The minimum atomic E-state index is -0.734. The molecule has 0 atom stereocenters. The minimum absolute atomic E-state index is 0.0303. The Hall–Kier alpha value is -2.08. The zero-order valence-electron chi connectivity index (χ0n) is 10.4. The lowest BCUT2D eigenvalue weighted by molar-refractivity contribution is 0.0593. The predicted molar refractivity (Wildman–Crippen MR) is 78.9 cm³/mol. The number of ether oxygens (including phenoxy) is 1. The number of halogens is 2. The summed E-state index contributed by atoms with van der Waals surface area (Å²) in [5.41, 5.74) is 5.86. The van der Waals surface area contributed by atoms with E-state index in [0.29, 0.717) is 3.57 Å². The molecule has 0 unspecified atom stereocenters. The topological polar surface area (TPSA) is 81.0 Å². The molecule has 0 aliphatic heterocycles. The average Bonchev–Trinajstić information content (AvgIpc) is 2.74. The summed E-state index contributed by atoms with van der Waals surface area (Å²) in [7, 11) is 1.19. The zero-order valence-corrected chi connectivity index (χ0v) is 12.5. The third-order valence-corrected chi connectivity index (χ3v) is 3.38. The van der Waals surface area contributed by atoms with E-state index in [1.165, 1.54) is 30.0 Å². The number of aromatic nitrogens is 1. The molecule has 1 aromatic carbocycles. The van der Waals surface area contributed by atoms with Gasteiger partial charge in [-0.1, -0.05) is 0 Å². The number of anilines is 1. The molecular weight excluding hydrogens is 376 g/mol. The molecule has 2 aromatic rings. The maximum Gasteiger partial charge on any atom is 0.357 e. The average molecular weight is 385 g/mol. The highest BCUT2D eigenvalue weighted by atomic mass is 127. The number of methoxy groups -OCH3 is 1. The van der Waals surface area contributed by atoms with Gasteiger partial charge in [0, 0.05) is 9.77 Å². The first-order chi connectivity index (χ1) is 9.49. The Balaban J connectivity index is 2.74. The van der Waals surface area contributed by atoms with Gasteiger partial charge in [0.2, 0.25) is 0 Å². The summed E-state index contributed by atoms with van der Waals surface area (Å²) in [4.78, 5) is 11.8. The maximum atomic E-state index is 14.0. The number of rotatable bonds is 2. The van der Waals surface area contributed by atoms with Gasteiger partial charge in [0.15, 0.2) is 5.69 Å². The lowest BCUT2D eigenvalue weighted by Crippen LogP contribution is -2.12. The SMILES string of the molecule is COC(=O)c1c(N)c(C#N)cn1-c1ccc(I)cc1F. The molecule has 2 rings (SSSR count). The van der Waals surface area contributed by atoms with E-state index >= 15 is 0 Å². The molecule has 0 fully saturated rings. The molecule has 0 saturated carbocycles. The molecule has 7 heteroatoms. The van der Waals surface area contributed by atoms with Crippen LogP contribution in [0.5, 0.6) is 0 Å². The van der Waals surface area contributed by atoms with Crippen LogP contribution in [0.4, 0.5) is 10.1 Å². The van der Waals surface area contributed by atoms with Gasteiger partial charge >= 0.3 is 5.97 Å². The van der Waals surface area contributed by atoms with Crippen LogP contribution in [0.2, 0.25) is 0 Å². The Kier molecular flexibility index (Phi) is 3.94. The monoisotopic (exact) mass is 385 g/mol. The summed E-state index contributed by atoms with van der Waals surface area (Å²) in [6.07, 6.45) is 1.31. The first-order valence-corrected chi connectivity index (χ1v) is 6.52. The molecule has 0 radical (unpaired) electrons. The van der Waals surface area contributed by atoms with Crippen LogP contribution < -0.4 is 5.73 Å². The standard InChI is InChI=1S/C13H9FIN3O2/c1-20-13(19)12-11(17)7(5-16)6-18(12)10-3-2-8(15)4-9(10)14/h2-4,6H,17H2,1H3. The maximum absolute atomic E-state index is 14.0. The summed E-state index contributed by atoms with van der Waals surface area (Å²) in [6.45, 7) is 0. The van der Waals surface area contributed by atoms with E-state index in [9.17, 15) is 9.18 Å². The smallest absolute Gasteiger partial charge is 0.357 e. The molecule has 1 heterocycles. The van der Waals surface area contributed by atoms with Crippen LogP contribution >= 0.6 is 22.6 Å². The van der Waals surface area contributed by atoms with Gasteiger partial charge in [0.05, 0.1) is 24.0 Å². The van der Waals surface area contributed by atoms with Crippen molar-refractivity contribution in [3.8, 4) is 11.8 Å². The van der Waals surface area contributed by atoms with Crippen molar-refractivity contribution in [1.82, 2.24) is 4.57 Å². The molecule has 0 spiro atoms. The molecule has 5 nitrogen and oxygen atoms in total. The lowest BCUT2D eigenvalue weighted by Gasteiger charge is -2.09. The number of carbonyl (C=O) groups excluding carboxylic acids is 1. The number of nitrogens with zero attached hydrogens (tertiary/aromatic N) is 2. The minimum Gasteiger partial charge on any atom is -0.464 e. The number of esters is 1. The van der Waals surface area contributed by atoms with Crippen LogP contribution in [0.25, 0.3) is 5.69 Å². The second-order valence-electron chi connectivity index (χ2n) is 3.87. The molecule has 2 N–H and O–H groups in total. The van der Waals surface area contributed by atoms with E-state index in [0.717, 1.165) is 0 Å². The highest BCUT2D eigenvalue weighted by Crippen LogP contribution is 2.26. The van der Waals surface area contributed by atoms with Crippen LogP contribution in [0.15, 0.2) is 24.4 Å². The Morgan fingerprint density at radius 2 is 2.25 bits per heavy atom. The second-order valence-corrected chi connectivity index (χ2v) is 5.12. The van der Waals surface area contributed by atoms with E-state index in [-0.39, 0.29) is 22.6 Å². The van der Waals surface area contributed by atoms with Gasteiger partial charge in [0.25, 0.3) is 0 Å². The van der Waals surface area contributed by atoms with Crippen molar-refractivity contribution in [2.45, 2.75) is 0 Å². The van der Waals surface area contributed by atoms with Crippen LogP contribution in [-0.4, -0.2) is 17.6 Å². The van der Waals surface area contributed by atoms with Crippen molar-refractivity contribution in [3.05, 3.63) is 45.0 Å². The van der Waals surface area contributed by atoms with Crippen molar-refractivity contribution in [2.24, 2.45) is 0 Å². The van der Waals surface area contributed by atoms with Crippen molar-refractivity contribution >= 4 is 34.2 Å². The third kappa shape index (κ3) is 2.34. The molecule has 0 aliphatic carbocycles. The number of carbonyl (C=O) groups is 1. The first-order valence-electron chi connectivity index (χ1n) is 5.44. The van der Waals surface area contributed by atoms with E-state index in [2.05, 4.69) is 4.74 Å². The fourth-order valence-electron chi connectivity index (χ4n) is 1.78. The number of benzene rings is 1. The van der Waals surface area contributed by atoms with Gasteiger partial charge < -0.3 is 15.0 Å². The summed E-state index contributed by atoms with van der Waals surface area (Å²) in [6, 6.07) is 6.36. The Bertz CT molecular complexity index is 734. The normalized spacial score (nSPS) is 10.1. The summed E-state index contributed by atoms with van der Waals surface area (Å²) < 4.78 is 20.6. The Labute approximate surface area is 127 Å². The fourth-order valence-corrected chi connectivity index (χ4v) is 2.23. The highest BCUT2D eigenvalue weighted by Gasteiger charge is 2.23. The third-order valence-electron chi connectivity index (χ3n) is 2.71. The van der Waals surface area contributed by atoms with E-state index in [1.54, 1.807) is 6.07 Å². The van der Waals surface area contributed by atoms with Crippen molar-refractivity contribution in [3.63, 3.8) is 0 Å². The van der Waals surface area contributed by atoms with E-state index in [1.807, 2.05) is 28.7 Å². The van der Waals surface area contributed by atoms with Crippen molar-refractivity contribution in [1.29, 1.82) is 5.26 Å². The van der Waals surface area contributed by atoms with Gasteiger partial charge in [-0.2, -0.15) is 5.26 Å². The summed E-state index contributed by atoms with van der Waals surface area (Å²) >= 11 is 1.97. The van der Waals surface area contributed by atoms with E-state index in [4.69, 9.17) is 11.0 Å². The first kappa shape index (κ1) is 14.3. The molecule has 20 heavy (non-hydrogen) atoms. The number of hydrogen-bond donors (Lipinski definition) is 1. The van der Waals surface area contributed by atoms with Gasteiger partial charge in [-0.3, -0.25) is 0 Å². The summed E-state index contributed by atoms with van der Waals surface area (Å²) in [5, 5.41) is 8.98. The zero-order chi connectivity index (χ0) is 14.9. The number of hydrogen-bond acceptors (Lipinski definition) is 4. The Morgan fingerprint density at radius 1 is 1.55 bits per heavy atom. The van der Waals surface area contributed by atoms with Crippen molar-refractivity contribution < 1.29 is 13.9 Å². The molecular formula is C13H9FIN3O2. The van der Waals surface area contributed by atoms with Crippen LogP contribution in [0.1, 0.15) is 16.1 Å². The molecule has 0 bridgehead atoms. The number of nitrogens with two attached hydrogens (primary N) is 1. The van der Waals surface area contributed by atoms with Crippen LogP contribution in [0, 0.1) is 20.7 Å². The Morgan fingerprint density at radius 3 is 2.80 bits per heavy atom. The highest BCUT2D eigenvalue weighted by molar-refractivity contribution is 14.1. The molecule has 0 aliphatic rings. The fraction of sp³-hybridized carbons (Fsp3) is 0.0769. The largest absolute Gasteiger partial charge is 0.464 e. The summed E-state index contributed by atoms with van der Waals surface area (Å²) in [5.74, 6) is -1.26. The number of nitriles is 1. The second kappa shape index (κ2) is 5.50. The van der Waals surface area contributed by atoms with E-state index < -0.39 is 11.8 Å². The molecule has 102 valence electrons. The molecule has 1 aromatic heterocycles. The van der Waals surface area contributed by atoms with Gasteiger partial charge in [-0.05, 0) is 40.8 Å². The number of nitrogen functional groups attached to an aromatic ring is 1. The quantitative estimate of drug-likeness (QED) is 0.636.